The predicted octanol–water partition coefficient (Wildman–Crippen LogP) is 7.54. The van der Waals surface area contributed by atoms with Crippen LogP contribution in [-0.2, 0) is 11.2 Å². The maximum Gasteiger partial charge on any atom is 0.232 e. The molecule has 0 aromatic heterocycles. The summed E-state index contributed by atoms with van der Waals surface area (Å²) in [6.45, 7) is 6.06. The first-order valence-corrected chi connectivity index (χ1v) is 17.5. The molecule has 6 heteroatoms. The molecule has 2 aromatic carbocycles. The number of fused-ring (bicyclic) bond motifs is 5. The molecule has 5 nitrogen and oxygen atoms in total. The van der Waals surface area contributed by atoms with Gasteiger partial charge in [-0.05, 0) is 134 Å². The summed E-state index contributed by atoms with van der Waals surface area (Å²) in [6.07, 6.45) is 10.4. The highest BCUT2D eigenvalue weighted by Crippen LogP contribution is 2.65. The van der Waals surface area contributed by atoms with Gasteiger partial charge in [-0.3, -0.25) is 4.79 Å². The van der Waals surface area contributed by atoms with Gasteiger partial charge in [-0.15, -0.1) is 0 Å². The molecule has 230 valence electrons. The standard InChI is InChI=1S/C36H51NO4S/c1-4-5-19-37(3)34(40)24-42-21-8-6-7-20-41-28-13-9-25(10-14-28)31-23-36(2)32(17-18-33(36)39)30-15-11-26-22-27(38)12-16-29(26)35(30)31/h9-10,12-14,16,22,30-33,35,38-39H,4-8,11,15,17-21,23-24H2,1-3H3/t30?,31-,32?,33+,35?,36+/m1/s1. The van der Waals surface area contributed by atoms with Gasteiger partial charge in [0.15, 0.2) is 0 Å². The second-order valence-electron chi connectivity index (χ2n) is 13.3. The molecule has 0 spiro atoms. The number of carbonyl (C=O) groups is 1. The van der Waals surface area contributed by atoms with Crippen LogP contribution in [0.3, 0.4) is 0 Å². The maximum atomic E-state index is 12.1. The molecule has 0 heterocycles. The molecule has 0 bridgehead atoms. The number of amides is 1. The van der Waals surface area contributed by atoms with E-state index in [0.29, 0.717) is 41.8 Å². The lowest BCUT2D eigenvalue weighted by molar-refractivity contribution is -0.127. The lowest BCUT2D eigenvalue weighted by Crippen LogP contribution is -2.47. The highest BCUT2D eigenvalue weighted by Gasteiger charge is 2.57. The molecule has 0 radical (unpaired) electrons. The van der Waals surface area contributed by atoms with Crippen molar-refractivity contribution in [3.8, 4) is 11.5 Å². The van der Waals surface area contributed by atoms with Crippen LogP contribution in [0.5, 0.6) is 11.5 Å². The number of rotatable bonds is 13. The fourth-order valence-corrected chi connectivity index (χ4v) is 9.21. The van der Waals surface area contributed by atoms with Gasteiger partial charge in [0, 0.05) is 13.6 Å². The third-order valence-electron chi connectivity index (χ3n) is 10.7. The van der Waals surface area contributed by atoms with E-state index in [2.05, 4.69) is 44.2 Å². The van der Waals surface area contributed by atoms with Crippen LogP contribution in [-0.4, -0.2) is 58.8 Å². The lowest BCUT2D eigenvalue weighted by atomic mass is 9.51. The molecule has 3 aliphatic rings. The van der Waals surface area contributed by atoms with Crippen molar-refractivity contribution in [3.63, 3.8) is 0 Å². The molecule has 3 aliphatic carbocycles. The number of aliphatic hydroxyl groups excluding tert-OH is 1. The third kappa shape index (κ3) is 6.80. The van der Waals surface area contributed by atoms with Gasteiger partial charge in [0.25, 0.3) is 0 Å². The second kappa shape index (κ2) is 14.1. The van der Waals surface area contributed by atoms with Gasteiger partial charge < -0.3 is 19.8 Å². The van der Waals surface area contributed by atoms with E-state index >= 15 is 0 Å². The van der Waals surface area contributed by atoms with Crippen molar-refractivity contribution >= 4 is 17.7 Å². The fourth-order valence-electron chi connectivity index (χ4n) is 8.27. The van der Waals surface area contributed by atoms with Crippen LogP contribution in [0.4, 0.5) is 0 Å². The van der Waals surface area contributed by atoms with E-state index in [1.54, 1.807) is 11.8 Å². The van der Waals surface area contributed by atoms with Crippen LogP contribution in [0.15, 0.2) is 42.5 Å². The first kappa shape index (κ1) is 31.3. The molecule has 2 saturated carbocycles. The quantitative estimate of drug-likeness (QED) is 0.235. The van der Waals surface area contributed by atoms with Crippen molar-refractivity contribution in [2.45, 2.75) is 96.0 Å². The SMILES string of the molecule is CCCCN(C)C(=O)CSCCCCCOc1ccc([C@H]2C[C@@]3(C)C(CC[C@@H]3O)C3CCc4cc(O)ccc4C32)cc1. The molecule has 3 unspecified atom stereocenters. The molecule has 2 N–H and O–H groups in total. The number of hydrogen-bond acceptors (Lipinski definition) is 5. The first-order valence-electron chi connectivity index (χ1n) is 16.4. The Morgan fingerprint density at radius 3 is 2.67 bits per heavy atom. The zero-order chi connectivity index (χ0) is 29.7. The van der Waals surface area contributed by atoms with E-state index in [1.807, 2.05) is 24.1 Å². The number of ether oxygens (including phenoxy) is 1. The number of carbonyl (C=O) groups excluding carboxylic acids is 1. The molecule has 1 amide bonds. The Hall–Kier alpha value is -2.18. The van der Waals surface area contributed by atoms with Crippen molar-refractivity contribution in [1.82, 2.24) is 4.90 Å². The number of hydrogen-bond donors (Lipinski definition) is 2. The van der Waals surface area contributed by atoms with E-state index < -0.39 is 0 Å². The van der Waals surface area contributed by atoms with Crippen LogP contribution in [0.2, 0.25) is 0 Å². The lowest BCUT2D eigenvalue weighted by Gasteiger charge is -2.54. The van der Waals surface area contributed by atoms with E-state index in [-0.39, 0.29) is 17.4 Å². The molecule has 5 rings (SSSR count). The minimum atomic E-state index is -0.221. The minimum absolute atomic E-state index is 0.0357. The van der Waals surface area contributed by atoms with Gasteiger partial charge >= 0.3 is 0 Å². The Morgan fingerprint density at radius 1 is 1.07 bits per heavy atom. The molecular formula is C36H51NO4S. The Bertz CT molecular complexity index is 1190. The minimum Gasteiger partial charge on any atom is -0.508 e. The van der Waals surface area contributed by atoms with E-state index in [4.69, 9.17) is 4.74 Å². The van der Waals surface area contributed by atoms with E-state index in [1.165, 1.54) is 16.7 Å². The number of thioether (sulfide) groups is 1. The van der Waals surface area contributed by atoms with Crippen LogP contribution in [0.1, 0.15) is 100 Å². The Kier molecular flexibility index (Phi) is 10.5. The monoisotopic (exact) mass is 593 g/mol. The predicted molar refractivity (Wildman–Crippen MR) is 173 cm³/mol. The number of aliphatic hydroxyl groups is 1. The van der Waals surface area contributed by atoms with Gasteiger partial charge in [-0.2, -0.15) is 11.8 Å². The van der Waals surface area contributed by atoms with Crippen LogP contribution >= 0.6 is 11.8 Å². The highest BCUT2D eigenvalue weighted by molar-refractivity contribution is 7.99. The zero-order valence-electron chi connectivity index (χ0n) is 25.9. The molecule has 0 saturated heterocycles. The average molecular weight is 594 g/mol. The normalized spacial score (nSPS) is 28.0. The number of phenols is 1. The highest BCUT2D eigenvalue weighted by atomic mass is 32.2. The Morgan fingerprint density at radius 2 is 1.88 bits per heavy atom. The molecule has 42 heavy (non-hydrogen) atoms. The summed E-state index contributed by atoms with van der Waals surface area (Å²) in [4.78, 5) is 14.0. The van der Waals surface area contributed by atoms with E-state index in [9.17, 15) is 15.0 Å². The summed E-state index contributed by atoms with van der Waals surface area (Å²) in [6, 6.07) is 14.8. The smallest absolute Gasteiger partial charge is 0.232 e. The molecule has 6 atom stereocenters. The number of aromatic hydroxyl groups is 1. The summed E-state index contributed by atoms with van der Waals surface area (Å²) < 4.78 is 6.11. The van der Waals surface area contributed by atoms with Crippen molar-refractivity contribution in [3.05, 3.63) is 59.2 Å². The first-order chi connectivity index (χ1) is 20.3. The van der Waals surface area contributed by atoms with Gasteiger partial charge in [0.2, 0.25) is 5.91 Å². The summed E-state index contributed by atoms with van der Waals surface area (Å²) in [5.41, 5.74) is 4.01. The number of benzene rings is 2. The summed E-state index contributed by atoms with van der Waals surface area (Å²) in [5, 5.41) is 21.3. The van der Waals surface area contributed by atoms with Gasteiger partial charge in [0.1, 0.15) is 11.5 Å². The molecular weight excluding hydrogens is 542 g/mol. The molecule has 2 fully saturated rings. The number of aryl methyl sites for hydroxylation is 1. The second-order valence-corrected chi connectivity index (χ2v) is 14.4. The Balaban J connectivity index is 1.14. The molecule has 2 aromatic rings. The van der Waals surface area contributed by atoms with E-state index in [0.717, 1.165) is 82.3 Å². The van der Waals surface area contributed by atoms with Crippen molar-refractivity contribution < 1.29 is 19.7 Å². The van der Waals surface area contributed by atoms with Gasteiger partial charge in [-0.1, -0.05) is 38.5 Å². The molecule has 0 aliphatic heterocycles. The third-order valence-corrected chi connectivity index (χ3v) is 11.7. The average Bonchev–Trinajstić information content (AvgIpc) is 3.30. The summed E-state index contributed by atoms with van der Waals surface area (Å²) in [5.74, 6) is 5.01. The van der Waals surface area contributed by atoms with Gasteiger partial charge in [0.05, 0.1) is 18.5 Å². The number of phenolic OH excluding ortho intramolecular Hbond substituents is 1. The fraction of sp³-hybridized carbons (Fsp3) is 0.639. The largest absolute Gasteiger partial charge is 0.508 e. The number of unbranched alkanes of at least 4 members (excludes halogenated alkanes) is 3. The maximum absolute atomic E-state index is 12.1. The topological polar surface area (TPSA) is 70.0 Å². The summed E-state index contributed by atoms with van der Waals surface area (Å²) >= 11 is 1.74. The number of nitrogens with zero attached hydrogens (tertiary/aromatic N) is 1. The van der Waals surface area contributed by atoms with Crippen LogP contribution in [0, 0.1) is 17.3 Å². The van der Waals surface area contributed by atoms with Crippen molar-refractivity contribution in [1.29, 1.82) is 0 Å². The van der Waals surface area contributed by atoms with Crippen molar-refractivity contribution in [2.24, 2.45) is 17.3 Å². The van der Waals surface area contributed by atoms with Crippen LogP contribution in [0.25, 0.3) is 0 Å². The summed E-state index contributed by atoms with van der Waals surface area (Å²) in [7, 11) is 1.91. The van der Waals surface area contributed by atoms with Gasteiger partial charge in [-0.25, -0.2) is 0 Å². The van der Waals surface area contributed by atoms with Crippen LogP contribution < -0.4 is 4.74 Å². The van der Waals surface area contributed by atoms with Crippen molar-refractivity contribution in [2.75, 3.05) is 31.7 Å². The Labute approximate surface area is 257 Å². The zero-order valence-corrected chi connectivity index (χ0v) is 26.7.